The van der Waals surface area contributed by atoms with E-state index in [1.165, 1.54) is 85.4 Å². The minimum absolute atomic E-state index is 0.0236. The monoisotopic (exact) mass is 453 g/mol. The van der Waals surface area contributed by atoms with E-state index >= 15 is 0 Å². The fraction of sp³-hybridized carbons (Fsp3) is 0.531. The van der Waals surface area contributed by atoms with Crippen LogP contribution in [0.25, 0.3) is 16.9 Å². The highest BCUT2D eigenvalue weighted by Gasteiger charge is 2.62. The van der Waals surface area contributed by atoms with E-state index in [9.17, 15) is 0 Å². The molecule has 2 aromatic carbocycles. The van der Waals surface area contributed by atoms with Gasteiger partial charge in [-0.05, 0) is 65.0 Å². The average Bonchev–Trinajstić information content (AvgIpc) is 3.59. The van der Waals surface area contributed by atoms with Crippen LogP contribution in [0.4, 0.5) is 0 Å². The Labute approximate surface area is 206 Å². The SMILES string of the molecule is Cc1ccccc1-n1c(C)c2[n+](c1C(C)(C)C)C(C1CCCC1)(C1CCCC1)c1ccccc1-2. The molecule has 0 atom stereocenters. The number of imidazole rings is 1. The second kappa shape index (κ2) is 7.83. The van der Waals surface area contributed by atoms with Crippen LogP contribution in [-0.4, -0.2) is 4.57 Å². The fourth-order valence-corrected chi connectivity index (χ4v) is 8.12. The summed E-state index contributed by atoms with van der Waals surface area (Å²) in [6, 6.07) is 18.5. The van der Waals surface area contributed by atoms with E-state index in [0.29, 0.717) is 0 Å². The molecule has 2 aliphatic carbocycles. The van der Waals surface area contributed by atoms with Gasteiger partial charge in [0.05, 0.1) is 5.41 Å². The lowest BCUT2D eigenvalue weighted by atomic mass is 9.67. The Kier molecular flexibility index (Phi) is 5.10. The first-order valence-corrected chi connectivity index (χ1v) is 13.7. The molecule has 2 heterocycles. The van der Waals surface area contributed by atoms with E-state index < -0.39 is 0 Å². The largest absolute Gasteiger partial charge is 0.268 e. The lowest BCUT2D eigenvalue weighted by molar-refractivity contribution is -0.764. The van der Waals surface area contributed by atoms with E-state index in [1.807, 2.05) is 0 Å². The number of hydrogen-bond donors (Lipinski definition) is 0. The molecule has 0 amide bonds. The average molecular weight is 454 g/mol. The molecule has 1 aliphatic heterocycles. The summed E-state index contributed by atoms with van der Waals surface area (Å²) < 4.78 is 5.57. The first-order valence-electron chi connectivity index (χ1n) is 13.7. The zero-order chi connectivity index (χ0) is 23.7. The van der Waals surface area contributed by atoms with Gasteiger partial charge in [-0.25, -0.2) is 4.57 Å². The molecule has 178 valence electrons. The van der Waals surface area contributed by atoms with Crippen LogP contribution in [0.3, 0.4) is 0 Å². The molecule has 0 saturated heterocycles. The van der Waals surface area contributed by atoms with Gasteiger partial charge in [0.1, 0.15) is 11.2 Å². The predicted molar refractivity (Wildman–Crippen MR) is 141 cm³/mol. The summed E-state index contributed by atoms with van der Waals surface area (Å²) in [7, 11) is 0. The summed E-state index contributed by atoms with van der Waals surface area (Å²) in [5.41, 5.74) is 8.84. The summed E-state index contributed by atoms with van der Waals surface area (Å²) >= 11 is 0. The Morgan fingerprint density at radius 1 is 0.794 bits per heavy atom. The van der Waals surface area contributed by atoms with Crippen molar-refractivity contribution < 1.29 is 4.57 Å². The van der Waals surface area contributed by atoms with Crippen molar-refractivity contribution >= 4 is 0 Å². The van der Waals surface area contributed by atoms with Gasteiger partial charge < -0.3 is 0 Å². The summed E-state index contributed by atoms with van der Waals surface area (Å²) in [6.07, 6.45) is 11.0. The second-order valence-electron chi connectivity index (χ2n) is 12.3. The van der Waals surface area contributed by atoms with Crippen LogP contribution in [0.5, 0.6) is 0 Å². The van der Waals surface area contributed by atoms with E-state index in [-0.39, 0.29) is 11.0 Å². The maximum absolute atomic E-state index is 2.94. The molecule has 0 bridgehead atoms. The van der Waals surface area contributed by atoms with Crippen molar-refractivity contribution in [2.45, 2.75) is 96.9 Å². The van der Waals surface area contributed by atoms with E-state index in [2.05, 4.69) is 92.3 Å². The van der Waals surface area contributed by atoms with Gasteiger partial charge in [-0.1, -0.05) is 68.1 Å². The Bertz CT molecular complexity index is 1210. The van der Waals surface area contributed by atoms with Crippen molar-refractivity contribution in [3.05, 3.63) is 71.2 Å². The highest BCUT2D eigenvalue weighted by molar-refractivity contribution is 5.70. The lowest BCUT2D eigenvalue weighted by Gasteiger charge is -2.41. The highest BCUT2D eigenvalue weighted by Crippen LogP contribution is 2.57. The van der Waals surface area contributed by atoms with E-state index in [1.54, 1.807) is 5.56 Å². The van der Waals surface area contributed by atoms with Crippen LogP contribution in [0, 0.1) is 25.7 Å². The first-order chi connectivity index (χ1) is 16.4. The number of fused-ring (bicyclic) bond motifs is 3. The topological polar surface area (TPSA) is 8.81 Å². The molecule has 0 unspecified atom stereocenters. The van der Waals surface area contributed by atoms with Gasteiger partial charge in [0, 0.05) is 29.9 Å². The van der Waals surface area contributed by atoms with Crippen LogP contribution < -0.4 is 4.57 Å². The van der Waals surface area contributed by atoms with Crippen molar-refractivity contribution in [2.24, 2.45) is 11.8 Å². The fourth-order valence-electron chi connectivity index (χ4n) is 8.12. The molecular weight excluding hydrogens is 412 g/mol. The quantitative estimate of drug-likeness (QED) is 0.358. The number of nitrogens with zero attached hydrogens (tertiary/aromatic N) is 2. The van der Waals surface area contributed by atoms with Crippen LogP contribution >= 0.6 is 0 Å². The Morgan fingerprint density at radius 3 is 1.94 bits per heavy atom. The van der Waals surface area contributed by atoms with Gasteiger partial charge in [-0.2, -0.15) is 4.57 Å². The van der Waals surface area contributed by atoms with Gasteiger partial charge in [-0.3, -0.25) is 0 Å². The molecule has 6 rings (SSSR count). The Balaban J connectivity index is 1.78. The second-order valence-corrected chi connectivity index (χ2v) is 12.3. The molecule has 2 heteroatoms. The van der Waals surface area contributed by atoms with Crippen LogP contribution in [0.1, 0.15) is 94.8 Å². The molecule has 2 nitrogen and oxygen atoms in total. The molecule has 2 saturated carbocycles. The third-order valence-corrected chi connectivity index (χ3v) is 9.29. The Hall–Kier alpha value is -2.35. The van der Waals surface area contributed by atoms with Gasteiger partial charge >= 0.3 is 0 Å². The molecule has 0 radical (unpaired) electrons. The molecule has 0 N–H and O–H groups in total. The van der Waals surface area contributed by atoms with E-state index in [4.69, 9.17) is 0 Å². The lowest BCUT2D eigenvalue weighted by Crippen LogP contribution is -2.65. The van der Waals surface area contributed by atoms with Gasteiger partial charge in [0.15, 0.2) is 11.4 Å². The third kappa shape index (κ3) is 2.90. The maximum Gasteiger partial charge on any atom is 0.268 e. The zero-order valence-corrected chi connectivity index (χ0v) is 21.8. The zero-order valence-electron chi connectivity index (χ0n) is 21.8. The van der Waals surface area contributed by atoms with Crippen molar-refractivity contribution in [1.82, 2.24) is 4.57 Å². The molecular formula is C32H41N2+. The smallest absolute Gasteiger partial charge is 0.216 e. The van der Waals surface area contributed by atoms with E-state index in [0.717, 1.165) is 11.8 Å². The molecule has 0 spiro atoms. The first kappa shape index (κ1) is 22.1. The number of aromatic nitrogens is 2. The van der Waals surface area contributed by atoms with Crippen molar-refractivity contribution in [2.75, 3.05) is 0 Å². The highest BCUT2D eigenvalue weighted by atomic mass is 15.3. The normalized spacial score (nSPS) is 20.1. The molecule has 2 fully saturated rings. The Morgan fingerprint density at radius 2 is 1.35 bits per heavy atom. The van der Waals surface area contributed by atoms with Crippen molar-refractivity contribution in [3.8, 4) is 16.9 Å². The number of aryl methyl sites for hydroxylation is 1. The number of para-hydroxylation sites is 1. The van der Waals surface area contributed by atoms with Gasteiger partial charge in [0.25, 0.3) is 5.82 Å². The maximum atomic E-state index is 2.94. The van der Waals surface area contributed by atoms with Crippen LogP contribution in [0.15, 0.2) is 48.5 Å². The predicted octanol–water partition coefficient (Wildman–Crippen LogP) is 7.78. The third-order valence-electron chi connectivity index (χ3n) is 9.29. The van der Waals surface area contributed by atoms with Crippen molar-refractivity contribution in [3.63, 3.8) is 0 Å². The molecule has 1 aromatic heterocycles. The number of rotatable bonds is 3. The van der Waals surface area contributed by atoms with Crippen LogP contribution in [-0.2, 0) is 11.0 Å². The number of hydrogen-bond acceptors (Lipinski definition) is 0. The summed E-state index contributed by atoms with van der Waals surface area (Å²) in [5.74, 6) is 2.96. The minimum atomic E-state index is 0.0236. The van der Waals surface area contributed by atoms with Crippen molar-refractivity contribution in [1.29, 1.82) is 0 Å². The summed E-state index contributed by atoms with van der Waals surface area (Å²) in [6.45, 7) is 11.9. The molecule has 3 aromatic rings. The summed E-state index contributed by atoms with van der Waals surface area (Å²) in [4.78, 5) is 0. The minimum Gasteiger partial charge on any atom is -0.216 e. The molecule has 3 aliphatic rings. The standard InChI is InChI=1S/C32H41N2/c1-22-14-6-13-21-28(22)33-23(2)29-26-19-11-12-20-27(26)32(24-15-7-8-16-24,25-17-9-10-18-25)34(29)30(33)31(3,4)5/h6,11-14,19-21,24-25H,7-10,15-18H2,1-5H3/q+1. The van der Waals surface area contributed by atoms with Gasteiger partial charge in [-0.15, -0.1) is 0 Å². The van der Waals surface area contributed by atoms with Gasteiger partial charge in [0.2, 0.25) is 0 Å². The number of benzene rings is 2. The van der Waals surface area contributed by atoms with Crippen LogP contribution in [0.2, 0.25) is 0 Å². The molecule has 34 heavy (non-hydrogen) atoms. The summed E-state index contributed by atoms with van der Waals surface area (Å²) in [5, 5.41) is 0.